The third-order valence-corrected chi connectivity index (χ3v) is 6.41. The molecule has 0 bridgehead atoms. The molecule has 0 saturated carbocycles. The summed E-state index contributed by atoms with van der Waals surface area (Å²) >= 11 is 0. The van der Waals surface area contributed by atoms with Crippen LogP contribution in [0.2, 0.25) is 0 Å². The SMILES string of the molecule is [2H]C([2H])([2H])N(C(=O)C(=O)C(C)(C)C)[C@@H](CCCC)C(=O)N1C[C@]2(C[C@H]1[N+]#[C-])C(=O)Nc1ccccc12. The number of anilines is 1. The van der Waals surface area contributed by atoms with Gasteiger partial charge < -0.3 is 10.2 Å². The average molecular weight is 456 g/mol. The lowest BCUT2D eigenvalue weighted by Gasteiger charge is -2.32. The molecule has 1 fully saturated rings. The largest absolute Gasteiger partial charge is 0.327 e. The van der Waals surface area contributed by atoms with Crippen molar-refractivity contribution >= 4 is 29.2 Å². The normalized spacial score (nSPS) is 24.2. The Morgan fingerprint density at radius 1 is 1.36 bits per heavy atom. The van der Waals surface area contributed by atoms with E-state index in [1.807, 2.05) is 6.92 Å². The van der Waals surface area contributed by atoms with Crippen LogP contribution in [0.4, 0.5) is 5.69 Å². The zero-order valence-electron chi connectivity index (χ0n) is 22.5. The minimum absolute atomic E-state index is 0.00783. The zero-order chi connectivity index (χ0) is 27.1. The van der Waals surface area contributed by atoms with Crippen LogP contribution >= 0.6 is 0 Å². The predicted octanol–water partition coefficient (Wildman–Crippen LogP) is 2.99. The number of Topliss-reactive ketones (excluding diaryl/α,β-unsaturated/α-hetero) is 1. The summed E-state index contributed by atoms with van der Waals surface area (Å²) in [6.45, 7) is 10.9. The van der Waals surface area contributed by atoms with Crippen molar-refractivity contribution in [2.24, 2.45) is 5.41 Å². The van der Waals surface area contributed by atoms with Crippen molar-refractivity contribution < 1.29 is 23.3 Å². The first-order valence-electron chi connectivity index (χ1n) is 12.6. The molecule has 3 rings (SSSR count). The van der Waals surface area contributed by atoms with Gasteiger partial charge >= 0.3 is 6.17 Å². The van der Waals surface area contributed by atoms with E-state index in [2.05, 4.69) is 10.2 Å². The minimum atomic E-state index is -3.06. The van der Waals surface area contributed by atoms with Gasteiger partial charge in [-0.3, -0.25) is 28.9 Å². The van der Waals surface area contributed by atoms with Crippen molar-refractivity contribution in [2.75, 3.05) is 18.8 Å². The Hall–Kier alpha value is -3.21. The van der Waals surface area contributed by atoms with Crippen LogP contribution in [-0.4, -0.2) is 59.0 Å². The zero-order valence-corrected chi connectivity index (χ0v) is 19.5. The monoisotopic (exact) mass is 455 g/mol. The summed E-state index contributed by atoms with van der Waals surface area (Å²) in [6, 6.07) is 5.59. The second-order valence-corrected chi connectivity index (χ2v) is 9.77. The highest BCUT2D eigenvalue weighted by molar-refractivity contribution is 6.38. The number of fused-ring (bicyclic) bond motifs is 2. The Labute approximate surface area is 199 Å². The summed E-state index contributed by atoms with van der Waals surface area (Å²) in [6.07, 6.45) is 0.0735. The van der Waals surface area contributed by atoms with Crippen LogP contribution in [0.1, 0.15) is 63.1 Å². The van der Waals surface area contributed by atoms with E-state index < -0.39 is 47.6 Å². The van der Waals surface area contributed by atoms with Crippen molar-refractivity contribution in [1.29, 1.82) is 0 Å². The molecule has 2 aliphatic rings. The van der Waals surface area contributed by atoms with Gasteiger partial charge in [0.1, 0.15) is 11.5 Å². The van der Waals surface area contributed by atoms with Gasteiger partial charge in [-0.05, 0) is 18.1 Å². The molecule has 0 radical (unpaired) electrons. The highest BCUT2D eigenvalue weighted by Gasteiger charge is 2.59. The Bertz CT molecular complexity index is 1120. The van der Waals surface area contributed by atoms with Crippen LogP contribution in [0.25, 0.3) is 4.85 Å². The topological polar surface area (TPSA) is 91.2 Å². The van der Waals surface area contributed by atoms with Crippen LogP contribution in [0, 0.1) is 12.0 Å². The van der Waals surface area contributed by atoms with Gasteiger partial charge in [0.15, 0.2) is 0 Å². The Morgan fingerprint density at radius 2 is 2.06 bits per heavy atom. The number of nitrogens with one attached hydrogen (secondary N) is 1. The molecule has 8 nitrogen and oxygen atoms in total. The number of nitrogens with zero attached hydrogens (tertiary/aromatic N) is 3. The molecule has 1 aromatic carbocycles. The second-order valence-electron chi connectivity index (χ2n) is 9.77. The summed E-state index contributed by atoms with van der Waals surface area (Å²) in [5.41, 5.74) is -1.01. The van der Waals surface area contributed by atoms with E-state index in [1.165, 1.54) is 25.7 Å². The Morgan fingerprint density at radius 3 is 2.67 bits per heavy atom. The van der Waals surface area contributed by atoms with Crippen LogP contribution in [0.3, 0.4) is 0 Å². The fourth-order valence-electron chi connectivity index (χ4n) is 4.48. The van der Waals surface area contributed by atoms with Crippen molar-refractivity contribution in [3.63, 3.8) is 0 Å². The first-order chi connectivity index (χ1) is 16.7. The van der Waals surface area contributed by atoms with Gasteiger partial charge in [-0.2, -0.15) is 0 Å². The highest BCUT2D eigenvalue weighted by atomic mass is 16.2. The van der Waals surface area contributed by atoms with Gasteiger partial charge in [-0.1, -0.05) is 58.7 Å². The molecule has 3 atom stereocenters. The number of carbonyl (C=O) groups excluding carboxylic acids is 4. The molecular weight excluding hydrogens is 420 g/mol. The van der Waals surface area contributed by atoms with Crippen molar-refractivity contribution in [1.82, 2.24) is 9.80 Å². The van der Waals surface area contributed by atoms with Crippen molar-refractivity contribution in [3.05, 3.63) is 41.2 Å². The molecule has 176 valence electrons. The van der Waals surface area contributed by atoms with E-state index in [-0.39, 0.29) is 25.3 Å². The van der Waals surface area contributed by atoms with Gasteiger partial charge in [0.25, 0.3) is 11.8 Å². The number of unbranched alkanes of at least 4 members (excludes halogenated alkanes) is 1. The number of carbonyl (C=O) groups is 4. The summed E-state index contributed by atoms with van der Waals surface area (Å²) in [4.78, 5) is 58.2. The summed E-state index contributed by atoms with van der Waals surface area (Å²) < 4.78 is 24.1. The van der Waals surface area contributed by atoms with Gasteiger partial charge in [-0.25, -0.2) is 6.57 Å². The third kappa shape index (κ3) is 4.24. The number of likely N-dealkylation sites (tertiary alicyclic amines) is 1. The van der Waals surface area contributed by atoms with Gasteiger partial charge in [0.05, 0.1) is 6.42 Å². The van der Waals surface area contributed by atoms with Crippen molar-refractivity contribution in [2.45, 2.75) is 71.0 Å². The van der Waals surface area contributed by atoms with Crippen LogP contribution in [-0.2, 0) is 24.6 Å². The van der Waals surface area contributed by atoms with E-state index in [9.17, 15) is 19.2 Å². The molecule has 1 N–H and O–H groups in total. The molecule has 0 unspecified atom stereocenters. The van der Waals surface area contributed by atoms with E-state index in [1.54, 1.807) is 24.3 Å². The van der Waals surface area contributed by atoms with Crippen molar-refractivity contribution in [3.8, 4) is 0 Å². The number of benzene rings is 1. The lowest BCUT2D eigenvalue weighted by molar-refractivity contribution is -0.153. The fraction of sp³-hybridized carbons (Fsp3) is 0.560. The van der Waals surface area contributed by atoms with Crippen LogP contribution in [0.5, 0.6) is 0 Å². The molecule has 1 aromatic rings. The maximum Gasteiger partial charge on any atom is 0.302 e. The number of likely N-dealkylation sites (N-methyl/N-ethyl adjacent to an activating group) is 1. The Kier molecular flexibility index (Phi) is 5.54. The molecule has 33 heavy (non-hydrogen) atoms. The predicted molar refractivity (Wildman–Crippen MR) is 124 cm³/mol. The van der Waals surface area contributed by atoms with Gasteiger partial charge in [-0.15, -0.1) is 0 Å². The van der Waals surface area contributed by atoms with E-state index in [4.69, 9.17) is 10.7 Å². The number of hydrogen-bond donors (Lipinski definition) is 1. The van der Waals surface area contributed by atoms with Crippen LogP contribution < -0.4 is 5.32 Å². The molecule has 0 aromatic heterocycles. The fourth-order valence-corrected chi connectivity index (χ4v) is 4.48. The first-order valence-corrected chi connectivity index (χ1v) is 11.1. The summed E-state index contributed by atoms with van der Waals surface area (Å²) in [7, 11) is 0. The molecule has 8 heteroatoms. The molecule has 2 heterocycles. The second kappa shape index (κ2) is 8.97. The van der Waals surface area contributed by atoms with Crippen LogP contribution in [0.15, 0.2) is 24.3 Å². The summed E-state index contributed by atoms with van der Waals surface area (Å²) in [5, 5.41) is 2.82. The maximum absolute atomic E-state index is 13.9. The van der Waals surface area contributed by atoms with Gasteiger partial charge in [0, 0.05) is 28.7 Å². The lowest BCUT2D eigenvalue weighted by atomic mass is 9.80. The third-order valence-electron chi connectivity index (χ3n) is 6.41. The average Bonchev–Trinajstić information content (AvgIpc) is 3.32. The number of hydrogen-bond acceptors (Lipinski definition) is 4. The quantitative estimate of drug-likeness (QED) is 0.527. The number of ketones is 1. The smallest absolute Gasteiger partial charge is 0.302 e. The van der Waals surface area contributed by atoms with Gasteiger partial charge in [0.2, 0.25) is 11.7 Å². The number of amides is 3. The standard InChI is InChI=1S/C25H32N4O4/c1-7-8-13-18(28(6)22(32)20(30)24(2,3)4)21(31)29-15-25(14-19(29)26-5)16-11-9-10-12-17(16)27-23(25)33/h9-12,18-19H,7-8,13-15H2,1-4,6H3,(H,27,33)/t18-,19-,25-/m0/s1/i6D3. The first kappa shape index (κ1) is 20.4. The lowest BCUT2D eigenvalue weighted by Crippen LogP contribution is -2.53. The highest BCUT2D eigenvalue weighted by Crippen LogP contribution is 2.46. The van der Waals surface area contributed by atoms with E-state index >= 15 is 0 Å². The Balaban J connectivity index is 2.04. The minimum Gasteiger partial charge on any atom is -0.327 e. The number of para-hydroxylation sites is 1. The molecule has 1 saturated heterocycles. The van der Waals surface area contributed by atoms with E-state index in [0.29, 0.717) is 29.0 Å². The number of rotatable bonds is 6. The molecule has 2 aliphatic heterocycles. The molecule has 3 amide bonds. The van der Waals surface area contributed by atoms with E-state index in [0.717, 1.165) is 0 Å². The molecule has 0 aliphatic carbocycles. The molecule has 1 spiro atoms. The maximum atomic E-state index is 13.9. The summed E-state index contributed by atoms with van der Waals surface area (Å²) in [5.74, 6) is -3.25. The molecular formula is C25H32N4O4.